The van der Waals surface area contributed by atoms with Gasteiger partial charge in [0.2, 0.25) is 0 Å². The zero-order valence-corrected chi connectivity index (χ0v) is 16.7. The van der Waals surface area contributed by atoms with Crippen molar-refractivity contribution in [3.8, 4) is 11.4 Å². The van der Waals surface area contributed by atoms with Crippen molar-refractivity contribution in [1.82, 2.24) is 4.57 Å². The van der Waals surface area contributed by atoms with Crippen molar-refractivity contribution in [3.63, 3.8) is 0 Å². The zero-order chi connectivity index (χ0) is 20.7. The van der Waals surface area contributed by atoms with Crippen LogP contribution in [-0.4, -0.2) is 29.4 Å². The first kappa shape index (κ1) is 19.2. The van der Waals surface area contributed by atoms with Crippen molar-refractivity contribution in [2.24, 2.45) is 0 Å². The second kappa shape index (κ2) is 7.37. The summed E-state index contributed by atoms with van der Waals surface area (Å²) in [6.45, 7) is 3.46. The molecule has 0 radical (unpaired) electrons. The van der Waals surface area contributed by atoms with Crippen LogP contribution < -0.4 is 9.64 Å². The van der Waals surface area contributed by atoms with Crippen LogP contribution in [0.2, 0.25) is 5.02 Å². The van der Waals surface area contributed by atoms with Crippen molar-refractivity contribution < 1.29 is 18.7 Å². The van der Waals surface area contributed by atoms with E-state index in [9.17, 15) is 14.0 Å². The first-order chi connectivity index (χ1) is 13.8. The van der Waals surface area contributed by atoms with E-state index in [1.54, 1.807) is 36.4 Å². The SMILES string of the molecule is Cc1cc(C(=O)CN2C(=O)COc3ccc(Cl)cc32)c(C)n1-c1ccc(F)cc1. The van der Waals surface area contributed by atoms with Gasteiger partial charge in [-0.25, -0.2) is 4.39 Å². The van der Waals surface area contributed by atoms with E-state index < -0.39 is 0 Å². The molecule has 0 bridgehead atoms. The molecule has 0 saturated heterocycles. The number of aryl methyl sites for hydroxylation is 1. The van der Waals surface area contributed by atoms with Gasteiger partial charge in [-0.05, 0) is 62.4 Å². The van der Waals surface area contributed by atoms with Gasteiger partial charge in [-0.1, -0.05) is 11.6 Å². The Hall–Kier alpha value is -3.12. The Morgan fingerprint density at radius 3 is 2.59 bits per heavy atom. The Kier molecular flexibility index (Phi) is 4.88. The first-order valence-electron chi connectivity index (χ1n) is 9.06. The highest BCUT2D eigenvalue weighted by atomic mass is 35.5. The summed E-state index contributed by atoms with van der Waals surface area (Å²) in [5.74, 6) is -0.317. The van der Waals surface area contributed by atoms with Gasteiger partial charge >= 0.3 is 0 Å². The van der Waals surface area contributed by atoms with Crippen LogP contribution in [0.1, 0.15) is 21.7 Å². The van der Waals surface area contributed by atoms with Crippen LogP contribution in [0.15, 0.2) is 48.5 Å². The number of aromatic nitrogens is 1. The van der Waals surface area contributed by atoms with Crippen molar-refractivity contribution in [2.45, 2.75) is 13.8 Å². The molecule has 0 atom stereocenters. The lowest BCUT2D eigenvalue weighted by Crippen LogP contribution is -2.42. The van der Waals surface area contributed by atoms with Gasteiger partial charge in [0.25, 0.3) is 5.91 Å². The number of nitrogens with zero attached hydrogens (tertiary/aromatic N) is 2. The third-order valence-corrected chi connectivity index (χ3v) is 5.22. The van der Waals surface area contributed by atoms with Crippen LogP contribution in [0.4, 0.5) is 10.1 Å². The lowest BCUT2D eigenvalue weighted by molar-refractivity contribution is -0.121. The van der Waals surface area contributed by atoms with Crippen molar-refractivity contribution in [2.75, 3.05) is 18.1 Å². The topological polar surface area (TPSA) is 51.5 Å². The molecular weight excluding hydrogens is 395 g/mol. The van der Waals surface area contributed by atoms with Crippen LogP contribution >= 0.6 is 11.6 Å². The van der Waals surface area contributed by atoms with Crippen molar-refractivity contribution in [3.05, 3.63) is 76.3 Å². The fraction of sp³-hybridized carbons (Fsp3) is 0.182. The van der Waals surface area contributed by atoms with Crippen LogP contribution in [-0.2, 0) is 4.79 Å². The number of fused-ring (bicyclic) bond motifs is 1. The molecule has 148 valence electrons. The van der Waals surface area contributed by atoms with E-state index in [2.05, 4.69) is 0 Å². The number of ether oxygens (including phenoxy) is 1. The van der Waals surface area contributed by atoms with Crippen molar-refractivity contribution in [1.29, 1.82) is 0 Å². The van der Waals surface area contributed by atoms with Gasteiger partial charge in [0, 0.05) is 27.7 Å². The molecule has 1 aliphatic heterocycles. The van der Waals surface area contributed by atoms with Gasteiger partial charge < -0.3 is 9.30 Å². The van der Waals surface area contributed by atoms with E-state index in [4.69, 9.17) is 16.3 Å². The lowest BCUT2D eigenvalue weighted by Gasteiger charge is -2.29. The molecule has 1 aliphatic rings. The number of carbonyl (C=O) groups excluding carboxylic acids is 2. The lowest BCUT2D eigenvalue weighted by atomic mass is 10.1. The first-order valence-corrected chi connectivity index (χ1v) is 9.44. The summed E-state index contributed by atoms with van der Waals surface area (Å²) in [4.78, 5) is 26.9. The molecule has 0 fully saturated rings. The number of ketones is 1. The number of hydrogen-bond acceptors (Lipinski definition) is 3. The molecule has 1 aromatic heterocycles. The largest absolute Gasteiger partial charge is 0.482 e. The van der Waals surface area contributed by atoms with Gasteiger partial charge in [0.05, 0.1) is 12.2 Å². The number of hydrogen-bond donors (Lipinski definition) is 0. The number of amides is 1. The Labute approximate surface area is 172 Å². The maximum atomic E-state index is 13.3. The summed E-state index contributed by atoms with van der Waals surface area (Å²) >= 11 is 6.06. The van der Waals surface area contributed by atoms with Gasteiger partial charge in [-0.15, -0.1) is 0 Å². The summed E-state index contributed by atoms with van der Waals surface area (Å²) < 4.78 is 20.6. The fourth-order valence-electron chi connectivity index (χ4n) is 3.61. The molecule has 3 aromatic rings. The smallest absolute Gasteiger partial charge is 0.265 e. The summed E-state index contributed by atoms with van der Waals surface area (Å²) in [6, 6.07) is 12.8. The molecule has 7 heteroatoms. The second-order valence-electron chi connectivity index (χ2n) is 6.90. The monoisotopic (exact) mass is 412 g/mol. The quantitative estimate of drug-likeness (QED) is 0.593. The molecule has 0 spiro atoms. The Bertz CT molecular complexity index is 1120. The van der Waals surface area contributed by atoms with Crippen LogP contribution in [0, 0.1) is 19.7 Å². The summed E-state index contributed by atoms with van der Waals surface area (Å²) in [6.07, 6.45) is 0. The van der Waals surface area contributed by atoms with Gasteiger partial charge in [0.1, 0.15) is 11.6 Å². The highest BCUT2D eigenvalue weighted by Gasteiger charge is 2.29. The minimum absolute atomic E-state index is 0.122. The van der Waals surface area contributed by atoms with Crippen LogP contribution in [0.3, 0.4) is 0 Å². The molecule has 5 nitrogen and oxygen atoms in total. The number of Topliss-reactive ketones (excluding diaryl/α,β-unsaturated/α-hetero) is 1. The number of benzene rings is 2. The number of anilines is 1. The molecule has 2 heterocycles. The Morgan fingerprint density at radius 1 is 1.14 bits per heavy atom. The predicted octanol–water partition coefficient (Wildman–Crippen LogP) is 4.49. The molecule has 2 aromatic carbocycles. The zero-order valence-electron chi connectivity index (χ0n) is 15.9. The average Bonchev–Trinajstić information content (AvgIpc) is 2.99. The molecule has 0 N–H and O–H groups in total. The normalized spacial score (nSPS) is 13.2. The fourth-order valence-corrected chi connectivity index (χ4v) is 3.78. The summed E-state index contributed by atoms with van der Waals surface area (Å²) in [7, 11) is 0. The Morgan fingerprint density at radius 2 is 1.86 bits per heavy atom. The van der Waals surface area contributed by atoms with E-state index >= 15 is 0 Å². The van der Waals surface area contributed by atoms with E-state index in [0.717, 1.165) is 17.1 Å². The third kappa shape index (κ3) is 3.51. The summed E-state index contributed by atoms with van der Waals surface area (Å²) in [5, 5.41) is 0.453. The predicted molar refractivity (Wildman–Crippen MR) is 109 cm³/mol. The number of rotatable bonds is 4. The third-order valence-electron chi connectivity index (χ3n) is 4.98. The minimum atomic E-state index is -0.323. The molecular formula is C22H18ClFN2O3. The minimum Gasteiger partial charge on any atom is -0.482 e. The number of carbonyl (C=O) groups is 2. The molecule has 0 unspecified atom stereocenters. The second-order valence-corrected chi connectivity index (χ2v) is 7.34. The van der Waals surface area contributed by atoms with Crippen LogP contribution in [0.25, 0.3) is 5.69 Å². The standard InChI is InChI=1S/C22H18ClFN2O3/c1-13-9-18(14(2)26(13)17-6-4-16(24)5-7-17)20(27)11-25-19-10-15(23)3-8-21(19)29-12-22(25)28/h3-10H,11-12H2,1-2H3. The summed E-state index contributed by atoms with van der Waals surface area (Å²) in [5.41, 5.74) is 3.32. The maximum absolute atomic E-state index is 13.3. The highest BCUT2D eigenvalue weighted by Crippen LogP contribution is 2.34. The average molecular weight is 413 g/mol. The highest BCUT2D eigenvalue weighted by molar-refractivity contribution is 6.31. The van der Waals surface area contributed by atoms with Crippen LogP contribution in [0.5, 0.6) is 5.75 Å². The molecule has 0 aliphatic carbocycles. The Balaban J connectivity index is 1.67. The van der Waals surface area contributed by atoms with E-state index in [0.29, 0.717) is 22.0 Å². The van der Waals surface area contributed by atoms with E-state index in [1.807, 2.05) is 18.4 Å². The maximum Gasteiger partial charge on any atom is 0.265 e. The van der Waals surface area contributed by atoms with Crippen molar-refractivity contribution >= 4 is 29.0 Å². The molecule has 29 heavy (non-hydrogen) atoms. The van der Waals surface area contributed by atoms with Gasteiger partial charge in [-0.3, -0.25) is 14.5 Å². The molecule has 0 saturated carbocycles. The molecule has 4 rings (SSSR count). The number of halogens is 2. The van der Waals surface area contributed by atoms with E-state index in [-0.39, 0.29) is 30.7 Å². The molecule has 1 amide bonds. The van der Waals surface area contributed by atoms with E-state index in [1.165, 1.54) is 17.0 Å². The van der Waals surface area contributed by atoms with Gasteiger partial charge in [-0.2, -0.15) is 0 Å². The van der Waals surface area contributed by atoms with Gasteiger partial charge in [0.15, 0.2) is 12.4 Å².